The molecule has 0 aliphatic heterocycles. The van der Waals surface area contributed by atoms with Gasteiger partial charge in [0.05, 0.1) is 13.2 Å². The van der Waals surface area contributed by atoms with E-state index in [9.17, 15) is 9.59 Å². The number of carbonyl (C=O) groups is 2. The van der Waals surface area contributed by atoms with Crippen molar-refractivity contribution >= 4 is 33.9 Å². The summed E-state index contributed by atoms with van der Waals surface area (Å²) in [6.07, 6.45) is 6.88. The number of hydrogen-bond donors (Lipinski definition) is 0. The molecule has 0 spiro atoms. The fraction of sp³-hybridized carbons (Fsp3) is 0.515. The van der Waals surface area contributed by atoms with Crippen LogP contribution < -0.4 is 9.47 Å². The number of rotatable bonds is 14. The zero-order valence-corrected chi connectivity index (χ0v) is 24.2. The van der Waals surface area contributed by atoms with Crippen LogP contribution in [0.4, 0.5) is 9.59 Å². The molecule has 2 unspecified atom stereocenters. The van der Waals surface area contributed by atoms with Crippen LogP contribution in [0.3, 0.4) is 0 Å². The molecule has 6 heteroatoms. The van der Waals surface area contributed by atoms with E-state index in [-0.39, 0.29) is 0 Å². The topological polar surface area (TPSA) is 71.1 Å². The Morgan fingerprint density at radius 3 is 1.59 bits per heavy atom. The highest BCUT2D eigenvalue weighted by atomic mass is 16.7. The summed E-state index contributed by atoms with van der Waals surface area (Å²) >= 11 is 0. The molecule has 0 heterocycles. The minimum absolute atomic E-state index is 0.310. The second-order valence-corrected chi connectivity index (χ2v) is 10.4. The minimum Gasteiger partial charge on any atom is -0.434 e. The Bertz CT molecular complexity index is 1230. The van der Waals surface area contributed by atoms with E-state index in [0.717, 1.165) is 56.9 Å². The van der Waals surface area contributed by atoms with Crippen molar-refractivity contribution < 1.29 is 28.5 Å². The lowest BCUT2D eigenvalue weighted by Gasteiger charge is -2.18. The molecule has 0 saturated heterocycles. The summed E-state index contributed by atoms with van der Waals surface area (Å²) < 4.78 is 22.8. The number of benzene rings is 3. The van der Waals surface area contributed by atoms with Crippen molar-refractivity contribution in [3.63, 3.8) is 0 Å². The third-order valence-electron chi connectivity index (χ3n) is 7.41. The minimum atomic E-state index is -0.734. The van der Waals surface area contributed by atoms with Gasteiger partial charge in [-0.05, 0) is 37.7 Å². The van der Waals surface area contributed by atoms with Crippen LogP contribution in [0.25, 0.3) is 21.5 Å². The van der Waals surface area contributed by atoms with E-state index in [1.807, 2.05) is 49.4 Å². The van der Waals surface area contributed by atoms with Crippen LogP contribution in [-0.4, -0.2) is 25.5 Å². The number of aryl methyl sites for hydroxylation is 1. The quantitative estimate of drug-likeness (QED) is 0.116. The zero-order chi connectivity index (χ0) is 28.2. The van der Waals surface area contributed by atoms with Crippen LogP contribution in [0, 0.1) is 18.8 Å². The Balaban J connectivity index is 1.89. The van der Waals surface area contributed by atoms with Crippen molar-refractivity contribution in [3.8, 4) is 11.5 Å². The second kappa shape index (κ2) is 15.3. The average Bonchev–Trinajstić information content (AvgIpc) is 2.95. The predicted octanol–water partition coefficient (Wildman–Crippen LogP) is 9.77. The highest BCUT2D eigenvalue weighted by molar-refractivity contribution is 6.12. The third-order valence-corrected chi connectivity index (χ3v) is 7.41. The van der Waals surface area contributed by atoms with Crippen molar-refractivity contribution in [1.29, 1.82) is 0 Å². The van der Waals surface area contributed by atoms with E-state index in [0.29, 0.717) is 58.1 Å². The molecule has 0 bridgehead atoms. The molecule has 0 N–H and O–H groups in total. The van der Waals surface area contributed by atoms with Gasteiger partial charge >= 0.3 is 12.3 Å². The van der Waals surface area contributed by atoms with Crippen molar-refractivity contribution in [2.75, 3.05) is 13.2 Å². The second-order valence-electron chi connectivity index (χ2n) is 10.4. The van der Waals surface area contributed by atoms with Crippen LogP contribution in [0.5, 0.6) is 11.5 Å². The van der Waals surface area contributed by atoms with Gasteiger partial charge in [0.25, 0.3) is 0 Å². The van der Waals surface area contributed by atoms with E-state index in [4.69, 9.17) is 18.9 Å². The molecule has 2 atom stereocenters. The molecule has 0 aromatic heterocycles. The van der Waals surface area contributed by atoms with Crippen molar-refractivity contribution in [1.82, 2.24) is 0 Å². The number of unbranched alkanes of at least 4 members (excludes halogenated alkanes) is 2. The fourth-order valence-electron chi connectivity index (χ4n) is 4.83. The molecule has 39 heavy (non-hydrogen) atoms. The van der Waals surface area contributed by atoms with Gasteiger partial charge in [-0.3, -0.25) is 0 Å². The van der Waals surface area contributed by atoms with Crippen LogP contribution in [0.15, 0.2) is 42.5 Å². The molecule has 0 saturated carbocycles. The number of ether oxygens (including phenoxy) is 4. The Morgan fingerprint density at radius 1 is 0.667 bits per heavy atom. The monoisotopic (exact) mass is 536 g/mol. The van der Waals surface area contributed by atoms with E-state index in [1.54, 1.807) is 0 Å². The lowest BCUT2D eigenvalue weighted by molar-refractivity contribution is 0.0805. The largest absolute Gasteiger partial charge is 0.513 e. The van der Waals surface area contributed by atoms with Crippen LogP contribution in [-0.2, 0) is 9.47 Å². The zero-order valence-electron chi connectivity index (χ0n) is 24.2. The van der Waals surface area contributed by atoms with Crippen LogP contribution >= 0.6 is 0 Å². The van der Waals surface area contributed by atoms with Gasteiger partial charge < -0.3 is 18.9 Å². The SMILES string of the molecule is CCCCC(CC)COC(=O)Oc1c2ccccc2c(OC(=O)OCC(CC)CCCC)c2cc(C)ccc12. The summed E-state index contributed by atoms with van der Waals surface area (Å²) in [4.78, 5) is 25.7. The lowest BCUT2D eigenvalue weighted by Crippen LogP contribution is -2.18. The summed E-state index contributed by atoms with van der Waals surface area (Å²) in [5, 5.41) is 2.64. The van der Waals surface area contributed by atoms with Gasteiger partial charge in [-0.15, -0.1) is 0 Å². The Labute approximate surface area is 233 Å². The number of hydrogen-bond acceptors (Lipinski definition) is 6. The summed E-state index contributed by atoms with van der Waals surface area (Å²) in [5.74, 6) is 1.40. The number of carbonyl (C=O) groups excluding carboxylic acids is 2. The first-order valence-electron chi connectivity index (χ1n) is 14.6. The van der Waals surface area contributed by atoms with Gasteiger partial charge in [0.1, 0.15) is 11.5 Å². The van der Waals surface area contributed by atoms with Gasteiger partial charge in [-0.2, -0.15) is 0 Å². The van der Waals surface area contributed by atoms with Gasteiger partial charge in [0, 0.05) is 21.5 Å². The van der Waals surface area contributed by atoms with Gasteiger partial charge in [0.2, 0.25) is 0 Å². The van der Waals surface area contributed by atoms with Crippen molar-refractivity contribution in [2.45, 2.75) is 86.0 Å². The first-order chi connectivity index (χ1) is 18.9. The Kier molecular flexibility index (Phi) is 11.9. The molecule has 3 aromatic carbocycles. The van der Waals surface area contributed by atoms with Crippen molar-refractivity contribution in [3.05, 3.63) is 48.0 Å². The molecule has 3 rings (SSSR count). The summed E-state index contributed by atoms with van der Waals surface area (Å²) in [5.41, 5.74) is 0.983. The Morgan fingerprint density at radius 2 is 1.13 bits per heavy atom. The van der Waals surface area contributed by atoms with Gasteiger partial charge in [-0.1, -0.05) is 108 Å². The molecule has 0 aliphatic rings. The van der Waals surface area contributed by atoms with Crippen molar-refractivity contribution in [2.24, 2.45) is 11.8 Å². The van der Waals surface area contributed by atoms with E-state index < -0.39 is 12.3 Å². The van der Waals surface area contributed by atoms with Gasteiger partial charge in [-0.25, -0.2) is 9.59 Å². The molecule has 0 aliphatic carbocycles. The molecule has 0 amide bonds. The van der Waals surface area contributed by atoms with Crippen LogP contribution in [0.1, 0.15) is 84.6 Å². The lowest BCUT2D eigenvalue weighted by atomic mass is 9.99. The fourth-order valence-corrected chi connectivity index (χ4v) is 4.83. The molecule has 0 radical (unpaired) electrons. The molecule has 0 fully saturated rings. The highest BCUT2D eigenvalue weighted by Crippen LogP contribution is 2.43. The first kappa shape index (κ1) is 30.3. The maximum Gasteiger partial charge on any atom is 0.513 e. The average molecular weight is 537 g/mol. The predicted molar refractivity (Wildman–Crippen MR) is 157 cm³/mol. The molecule has 212 valence electrons. The molecular weight excluding hydrogens is 492 g/mol. The molecule has 6 nitrogen and oxygen atoms in total. The molecule has 3 aromatic rings. The molecular formula is C33H44O6. The maximum atomic E-state index is 12.8. The highest BCUT2D eigenvalue weighted by Gasteiger charge is 2.22. The summed E-state index contributed by atoms with van der Waals surface area (Å²) in [6.45, 7) is 11.1. The summed E-state index contributed by atoms with van der Waals surface area (Å²) in [6, 6.07) is 13.2. The number of fused-ring (bicyclic) bond motifs is 2. The smallest absolute Gasteiger partial charge is 0.434 e. The third kappa shape index (κ3) is 8.35. The van der Waals surface area contributed by atoms with E-state index >= 15 is 0 Å². The van der Waals surface area contributed by atoms with Gasteiger partial charge in [0.15, 0.2) is 0 Å². The van der Waals surface area contributed by atoms with Crippen LogP contribution in [0.2, 0.25) is 0 Å². The maximum absolute atomic E-state index is 12.8. The van der Waals surface area contributed by atoms with E-state index in [2.05, 4.69) is 27.7 Å². The standard InChI is InChI=1S/C33H44O6/c1-6-10-14-24(8-3)21-36-32(34)38-30-26-16-12-13-17-27(26)31(29-20-23(5)18-19-28(29)30)39-33(35)37-22-25(9-4)15-11-7-2/h12-13,16-20,24-25H,6-11,14-15,21-22H2,1-5H3. The van der Waals surface area contributed by atoms with E-state index in [1.165, 1.54) is 0 Å². The summed E-state index contributed by atoms with van der Waals surface area (Å²) in [7, 11) is 0. The Hall–Kier alpha value is -3.28. The normalized spacial score (nSPS) is 12.7. The first-order valence-corrected chi connectivity index (χ1v) is 14.6.